The third-order valence-corrected chi connectivity index (χ3v) is 9.39. The van der Waals surface area contributed by atoms with E-state index in [-0.39, 0.29) is 30.2 Å². The average Bonchev–Trinajstić information content (AvgIpc) is 3.86. The summed E-state index contributed by atoms with van der Waals surface area (Å²) in [7, 11) is 3.19. The number of methoxy groups -OCH3 is 2. The Balaban J connectivity index is 1.22. The molecule has 1 aliphatic heterocycles. The number of thioether (sulfide) groups is 1. The molecule has 0 aliphatic carbocycles. The molecule has 0 radical (unpaired) electrons. The fourth-order valence-corrected chi connectivity index (χ4v) is 6.73. The Hall–Kier alpha value is -4.65. The molecule has 1 aliphatic rings. The van der Waals surface area contributed by atoms with E-state index >= 15 is 0 Å². The minimum Gasteiger partial charge on any atom is -0.497 e. The fourth-order valence-electron chi connectivity index (χ4n) is 5.00. The van der Waals surface area contributed by atoms with Crippen molar-refractivity contribution in [2.45, 2.75) is 24.2 Å². The van der Waals surface area contributed by atoms with Crippen LogP contribution in [0, 0.1) is 0 Å². The van der Waals surface area contributed by atoms with Crippen LogP contribution in [0.3, 0.4) is 0 Å². The lowest BCUT2D eigenvalue weighted by Crippen LogP contribution is -2.28. The van der Waals surface area contributed by atoms with E-state index in [2.05, 4.69) is 15.5 Å². The predicted octanol–water partition coefficient (Wildman–Crippen LogP) is 6.40. The van der Waals surface area contributed by atoms with Crippen LogP contribution in [0.2, 0.25) is 5.02 Å². The molecule has 10 nitrogen and oxygen atoms in total. The van der Waals surface area contributed by atoms with Crippen molar-refractivity contribution in [3.63, 3.8) is 0 Å². The van der Waals surface area contributed by atoms with Crippen LogP contribution in [0.15, 0.2) is 101 Å². The van der Waals surface area contributed by atoms with Crippen molar-refractivity contribution in [2.75, 3.05) is 20.0 Å². The summed E-state index contributed by atoms with van der Waals surface area (Å²) in [5.74, 6) is 1.50. The number of carbonyl (C=O) groups excluding carboxylic acids is 2. The molecule has 13 heteroatoms. The molecule has 1 N–H and O–H groups in total. The Kier molecular flexibility index (Phi) is 9.67. The molecule has 1 atom stereocenters. The van der Waals surface area contributed by atoms with Crippen molar-refractivity contribution in [1.29, 1.82) is 0 Å². The summed E-state index contributed by atoms with van der Waals surface area (Å²) in [5.41, 5.74) is 3.02. The molecule has 46 heavy (non-hydrogen) atoms. The van der Waals surface area contributed by atoms with Gasteiger partial charge in [0.1, 0.15) is 11.5 Å². The second kappa shape index (κ2) is 14.2. The van der Waals surface area contributed by atoms with E-state index in [9.17, 15) is 9.59 Å². The number of nitrogens with one attached hydrogen (secondary N) is 1. The zero-order valence-electron chi connectivity index (χ0n) is 24.9. The number of hydrogen-bond donors (Lipinski definition) is 1. The van der Waals surface area contributed by atoms with E-state index in [0.29, 0.717) is 39.4 Å². The monoisotopic (exact) mass is 672 g/mol. The number of hydrogen-bond acceptors (Lipinski definition) is 9. The molecule has 5 aromatic rings. The number of nitrogens with zero attached hydrogens (tertiary/aromatic N) is 5. The minimum atomic E-state index is -0.273. The third kappa shape index (κ3) is 6.94. The summed E-state index contributed by atoms with van der Waals surface area (Å²) in [6.07, 6.45) is 0.597. The van der Waals surface area contributed by atoms with Gasteiger partial charge in [0.15, 0.2) is 11.0 Å². The second-order valence-electron chi connectivity index (χ2n) is 10.2. The van der Waals surface area contributed by atoms with Crippen LogP contribution in [0.1, 0.15) is 39.1 Å². The van der Waals surface area contributed by atoms with Gasteiger partial charge in [0, 0.05) is 17.0 Å². The Morgan fingerprint density at radius 2 is 1.72 bits per heavy atom. The van der Waals surface area contributed by atoms with E-state index < -0.39 is 0 Å². The maximum absolute atomic E-state index is 13.8. The summed E-state index contributed by atoms with van der Waals surface area (Å²) in [6, 6.07) is 25.5. The largest absolute Gasteiger partial charge is 0.497 e. The number of hydrazone groups is 1. The number of ether oxygens (including phenoxy) is 2. The molecule has 0 spiro atoms. The van der Waals surface area contributed by atoms with E-state index in [1.165, 1.54) is 11.8 Å². The molecule has 2 aromatic heterocycles. The van der Waals surface area contributed by atoms with Crippen molar-refractivity contribution in [2.24, 2.45) is 5.10 Å². The van der Waals surface area contributed by atoms with Crippen LogP contribution < -0.4 is 14.8 Å². The molecule has 0 bridgehead atoms. The molecule has 234 valence electrons. The molecule has 1 unspecified atom stereocenters. The van der Waals surface area contributed by atoms with Gasteiger partial charge in [-0.05, 0) is 71.6 Å². The average molecular weight is 673 g/mol. The molecule has 3 aromatic carbocycles. The number of aromatic nitrogens is 3. The zero-order valence-corrected chi connectivity index (χ0v) is 27.3. The summed E-state index contributed by atoms with van der Waals surface area (Å²) in [5, 5.41) is 21.0. The smallest absolute Gasteiger partial charge is 0.253 e. The van der Waals surface area contributed by atoms with E-state index in [4.69, 9.17) is 26.2 Å². The number of halogens is 1. The number of rotatable bonds is 11. The van der Waals surface area contributed by atoms with Crippen LogP contribution in [0.5, 0.6) is 11.5 Å². The van der Waals surface area contributed by atoms with Crippen LogP contribution >= 0.6 is 34.7 Å². The Morgan fingerprint density at radius 3 is 2.39 bits per heavy atom. The second-order valence-corrected chi connectivity index (χ2v) is 12.5. The fraction of sp³-hybridized carbons (Fsp3) is 0.182. The molecule has 2 amide bonds. The number of carbonyl (C=O) groups is 2. The lowest BCUT2D eigenvalue weighted by atomic mass is 10.0. The van der Waals surface area contributed by atoms with Crippen LogP contribution in [0.4, 0.5) is 0 Å². The first-order valence-electron chi connectivity index (χ1n) is 14.3. The lowest BCUT2D eigenvalue weighted by molar-refractivity contribution is -0.130. The van der Waals surface area contributed by atoms with Crippen molar-refractivity contribution in [3.05, 3.63) is 117 Å². The van der Waals surface area contributed by atoms with Crippen LogP contribution in [-0.4, -0.2) is 57.3 Å². The van der Waals surface area contributed by atoms with Crippen molar-refractivity contribution in [3.8, 4) is 17.2 Å². The summed E-state index contributed by atoms with van der Waals surface area (Å²) in [4.78, 5) is 27.7. The SMILES string of the molecule is COc1ccc(C(=O)NCc2nnc(SCC(=O)N3N=C(c4cccs4)CC3c3ccc(OC)cc3)n2-c2cccc(Cl)c2)cc1. The van der Waals surface area contributed by atoms with E-state index in [1.54, 1.807) is 71.5 Å². The standard InChI is InChI=1S/C33H29ClN6O4S2/c1-43-25-12-8-21(9-13-25)28-18-27(29-7-4-16-45-29)38-40(28)31(41)20-46-33-37-36-30(39(33)24-6-3-5-23(34)17-24)19-35-32(42)22-10-14-26(44-2)15-11-22/h3-17,28H,18-20H2,1-2H3,(H,35,42). The van der Waals surface area contributed by atoms with Gasteiger partial charge in [-0.1, -0.05) is 47.6 Å². The van der Waals surface area contributed by atoms with Gasteiger partial charge < -0.3 is 14.8 Å². The Morgan fingerprint density at radius 1 is 0.978 bits per heavy atom. The maximum atomic E-state index is 13.8. The van der Waals surface area contributed by atoms with Crippen molar-refractivity contribution >= 4 is 52.2 Å². The quantitative estimate of drug-likeness (QED) is 0.162. The minimum absolute atomic E-state index is 0.0603. The molecular formula is C33H29ClN6O4S2. The first kappa shape index (κ1) is 31.3. The number of thiophene rings is 1. The highest BCUT2D eigenvalue weighted by atomic mass is 35.5. The predicted molar refractivity (Wildman–Crippen MR) is 179 cm³/mol. The van der Waals surface area contributed by atoms with Gasteiger partial charge >= 0.3 is 0 Å². The van der Waals surface area contributed by atoms with Gasteiger partial charge in [0.05, 0.1) is 48.8 Å². The molecule has 3 heterocycles. The first-order chi connectivity index (χ1) is 22.4. The van der Waals surface area contributed by atoms with Crippen LogP contribution in [0.25, 0.3) is 5.69 Å². The summed E-state index contributed by atoms with van der Waals surface area (Å²) >= 11 is 9.18. The molecule has 0 fully saturated rings. The summed E-state index contributed by atoms with van der Waals surface area (Å²) < 4.78 is 12.3. The normalized spacial score (nSPS) is 14.2. The highest BCUT2D eigenvalue weighted by Crippen LogP contribution is 2.35. The third-order valence-electron chi connectivity index (χ3n) is 7.32. The first-order valence-corrected chi connectivity index (χ1v) is 16.5. The summed E-state index contributed by atoms with van der Waals surface area (Å²) in [6.45, 7) is 0.0962. The van der Waals surface area contributed by atoms with E-state index in [0.717, 1.165) is 21.9 Å². The van der Waals surface area contributed by atoms with E-state index in [1.807, 2.05) is 53.9 Å². The van der Waals surface area contributed by atoms with Gasteiger partial charge in [-0.15, -0.1) is 21.5 Å². The van der Waals surface area contributed by atoms with Crippen molar-refractivity contribution < 1.29 is 19.1 Å². The molecule has 0 saturated carbocycles. The number of amides is 2. The Bertz CT molecular complexity index is 1860. The van der Waals surface area contributed by atoms with Gasteiger partial charge in [-0.25, -0.2) is 5.01 Å². The van der Waals surface area contributed by atoms with Gasteiger partial charge in [-0.3, -0.25) is 14.2 Å². The van der Waals surface area contributed by atoms with Gasteiger partial charge in [0.25, 0.3) is 11.8 Å². The van der Waals surface area contributed by atoms with Crippen molar-refractivity contribution in [1.82, 2.24) is 25.1 Å². The Labute approximate surface area is 279 Å². The molecular weight excluding hydrogens is 644 g/mol. The van der Waals surface area contributed by atoms with Crippen LogP contribution in [-0.2, 0) is 11.3 Å². The molecule has 0 saturated heterocycles. The zero-order chi connectivity index (χ0) is 32.0. The topological polar surface area (TPSA) is 111 Å². The van der Waals surface area contributed by atoms with Gasteiger partial charge in [0.2, 0.25) is 0 Å². The lowest BCUT2D eigenvalue weighted by Gasteiger charge is -2.22. The maximum Gasteiger partial charge on any atom is 0.253 e. The number of benzene rings is 3. The van der Waals surface area contributed by atoms with Gasteiger partial charge in [-0.2, -0.15) is 5.10 Å². The highest BCUT2D eigenvalue weighted by molar-refractivity contribution is 7.99. The highest BCUT2D eigenvalue weighted by Gasteiger charge is 2.33. The molecule has 6 rings (SSSR count).